The van der Waals surface area contributed by atoms with Gasteiger partial charge in [0, 0.05) is 12.8 Å². The predicted molar refractivity (Wildman–Crippen MR) is 341 cm³/mol. The fourth-order valence-corrected chi connectivity index (χ4v) is 10.2. The molecule has 0 aromatic rings. The van der Waals surface area contributed by atoms with Crippen molar-refractivity contribution < 1.29 is 37.3 Å². The van der Waals surface area contributed by atoms with Crippen LogP contribution >= 0.6 is 7.82 Å². The Hall–Kier alpha value is -2.55. The number of phosphoric acid groups is 1. The van der Waals surface area contributed by atoms with Crippen LogP contribution in [0.5, 0.6) is 0 Å². The van der Waals surface area contributed by atoms with Crippen molar-refractivity contribution in [3.05, 3.63) is 72.9 Å². The number of esters is 1. The third-order valence-corrected chi connectivity index (χ3v) is 15.6. The van der Waals surface area contributed by atoms with Gasteiger partial charge < -0.3 is 19.4 Å². The molecule has 0 heterocycles. The molecule has 460 valence electrons. The summed E-state index contributed by atoms with van der Waals surface area (Å²) in [6, 6.07) is -0.855. The molecule has 0 saturated carbocycles. The van der Waals surface area contributed by atoms with E-state index in [1.165, 1.54) is 173 Å². The molecular formula is C69H128N2O7P+. The molecule has 0 spiro atoms. The number of rotatable bonds is 60. The zero-order valence-electron chi connectivity index (χ0n) is 52.6. The number of allylic oxidation sites excluding steroid dienone is 11. The predicted octanol–water partition coefficient (Wildman–Crippen LogP) is 20.8. The number of carbonyl (C=O) groups is 2. The van der Waals surface area contributed by atoms with Gasteiger partial charge in [-0.1, -0.05) is 261 Å². The molecule has 0 aliphatic rings. The van der Waals surface area contributed by atoms with Crippen molar-refractivity contribution in [3.8, 4) is 0 Å². The molecule has 0 aliphatic heterocycles. The Kier molecular flexibility index (Phi) is 56.7. The van der Waals surface area contributed by atoms with E-state index in [1.807, 2.05) is 33.3 Å². The fourth-order valence-electron chi connectivity index (χ4n) is 9.45. The number of ether oxygens (including phenoxy) is 1. The van der Waals surface area contributed by atoms with Crippen LogP contribution in [-0.4, -0.2) is 74.3 Å². The van der Waals surface area contributed by atoms with E-state index in [2.05, 4.69) is 86.8 Å². The van der Waals surface area contributed by atoms with Crippen LogP contribution in [0.3, 0.4) is 0 Å². The Morgan fingerprint density at radius 1 is 0.443 bits per heavy atom. The van der Waals surface area contributed by atoms with Crippen LogP contribution in [0.4, 0.5) is 0 Å². The molecule has 79 heavy (non-hydrogen) atoms. The summed E-state index contributed by atoms with van der Waals surface area (Å²) in [7, 11) is 1.49. The Bertz CT molecular complexity index is 1580. The number of unbranched alkanes of at least 4 members (excludes halogenated alkanes) is 34. The van der Waals surface area contributed by atoms with Crippen molar-refractivity contribution in [2.45, 2.75) is 315 Å². The van der Waals surface area contributed by atoms with E-state index < -0.39 is 20.0 Å². The molecule has 3 unspecified atom stereocenters. The molecule has 0 aliphatic carbocycles. The average molecular weight is 1130 g/mol. The van der Waals surface area contributed by atoms with E-state index in [0.29, 0.717) is 17.4 Å². The van der Waals surface area contributed by atoms with Crippen LogP contribution < -0.4 is 5.32 Å². The lowest BCUT2D eigenvalue weighted by molar-refractivity contribution is -0.870. The minimum absolute atomic E-state index is 0.0365. The molecule has 10 heteroatoms. The number of likely N-dealkylation sites (N-methyl/N-ethyl adjacent to an activating group) is 1. The van der Waals surface area contributed by atoms with Crippen molar-refractivity contribution >= 4 is 19.7 Å². The topological polar surface area (TPSA) is 111 Å². The van der Waals surface area contributed by atoms with Crippen LogP contribution in [0.1, 0.15) is 303 Å². The van der Waals surface area contributed by atoms with Crippen molar-refractivity contribution in [1.29, 1.82) is 0 Å². The van der Waals surface area contributed by atoms with Gasteiger partial charge in [-0.15, -0.1) is 0 Å². The van der Waals surface area contributed by atoms with Gasteiger partial charge in [-0.05, 0) is 102 Å². The third kappa shape index (κ3) is 59.9. The van der Waals surface area contributed by atoms with Crippen molar-refractivity contribution in [2.24, 2.45) is 0 Å². The van der Waals surface area contributed by atoms with Gasteiger partial charge in [-0.3, -0.25) is 18.6 Å². The monoisotopic (exact) mass is 1130 g/mol. The zero-order valence-corrected chi connectivity index (χ0v) is 53.5. The van der Waals surface area contributed by atoms with Gasteiger partial charge in [0.15, 0.2) is 0 Å². The highest BCUT2D eigenvalue weighted by molar-refractivity contribution is 7.47. The SMILES string of the molecule is CCCCC/C=C\C/C=C\C/C=C\C/C=C\CCCCCCCCCCCC(=O)NC(COP(=O)(O)OCC[N+](C)(C)C)C(/C=C\CCCCCCCCCCC)OC(=O)CCCCCCCCC/C=C/CCCCCCCC. The van der Waals surface area contributed by atoms with Crippen molar-refractivity contribution in [3.63, 3.8) is 0 Å². The number of amides is 1. The molecule has 9 nitrogen and oxygen atoms in total. The minimum Gasteiger partial charge on any atom is -0.456 e. The molecule has 1 amide bonds. The van der Waals surface area contributed by atoms with Gasteiger partial charge in [-0.25, -0.2) is 4.57 Å². The molecule has 0 bridgehead atoms. The third-order valence-electron chi connectivity index (χ3n) is 14.6. The van der Waals surface area contributed by atoms with E-state index in [1.54, 1.807) is 0 Å². The maximum Gasteiger partial charge on any atom is 0.472 e. The fraction of sp³-hybridized carbons (Fsp3) is 0.797. The summed E-state index contributed by atoms with van der Waals surface area (Å²) in [5.74, 6) is -0.512. The van der Waals surface area contributed by atoms with E-state index in [0.717, 1.165) is 96.3 Å². The van der Waals surface area contributed by atoms with Gasteiger partial charge in [0.2, 0.25) is 5.91 Å². The van der Waals surface area contributed by atoms with Crippen molar-refractivity contribution in [2.75, 3.05) is 40.9 Å². The lowest BCUT2D eigenvalue weighted by Gasteiger charge is -2.27. The summed E-state index contributed by atoms with van der Waals surface area (Å²) < 4.78 is 30.7. The number of carbonyl (C=O) groups excluding carboxylic acids is 2. The molecule has 3 atom stereocenters. The Morgan fingerprint density at radius 3 is 1.19 bits per heavy atom. The smallest absolute Gasteiger partial charge is 0.456 e. The lowest BCUT2D eigenvalue weighted by Crippen LogP contribution is -2.47. The molecule has 0 saturated heterocycles. The van der Waals surface area contributed by atoms with Gasteiger partial charge in [0.1, 0.15) is 19.3 Å². The maximum atomic E-state index is 13.6. The van der Waals surface area contributed by atoms with Crippen LogP contribution in [0.25, 0.3) is 0 Å². The Morgan fingerprint density at radius 2 is 0.772 bits per heavy atom. The number of nitrogens with one attached hydrogen (secondary N) is 1. The second kappa shape index (κ2) is 58.6. The number of hydrogen-bond acceptors (Lipinski definition) is 6. The van der Waals surface area contributed by atoms with Gasteiger partial charge >= 0.3 is 13.8 Å². The summed E-state index contributed by atoms with van der Waals surface area (Å²) in [4.78, 5) is 37.8. The van der Waals surface area contributed by atoms with Crippen LogP contribution in [0.15, 0.2) is 72.9 Å². The van der Waals surface area contributed by atoms with E-state index in [9.17, 15) is 19.0 Å². The van der Waals surface area contributed by atoms with Crippen LogP contribution in [0, 0.1) is 0 Å². The Labute approximate surface area is 489 Å². The zero-order chi connectivity index (χ0) is 57.9. The first-order valence-electron chi connectivity index (χ1n) is 33.3. The number of phosphoric ester groups is 1. The van der Waals surface area contributed by atoms with Crippen molar-refractivity contribution in [1.82, 2.24) is 5.32 Å². The van der Waals surface area contributed by atoms with Gasteiger partial charge in [0.25, 0.3) is 0 Å². The molecule has 0 radical (unpaired) electrons. The van der Waals surface area contributed by atoms with Crippen LogP contribution in [0.2, 0.25) is 0 Å². The summed E-state index contributed by atoms with van der Waals surface area (Å²) in [5, 5.41) is 3.06. The second-order valence-electron chi connectivity index (χ2n) is 23.6. The molecule has 0 fully saturated rings. The quantitative estimate of drug-likeness (QED) is 0.0205. The lowest BCUT2D eigenvalue weighted by atomic mass is 10.0. The first kappa shape index (κ1) is 76.5. The number of hydrogen-bond donors (Lipinski definition) is 2. The minimum atomic E-state index is -4.45. The first-order valence-corrected chi connectivity index (χ1v) is 34.8. The highest BCUT2D eigenvalue weighted by Crippen LogP contribution is 2.43. The number of quaternary nitrogens is 1. The normalized spacial score (nSPS) is 14.1. The highest BCUT2D eigenvalue weighted by atomic mass is 31.2. The largest absolute Gasteiger partial charge is 0.472 e. The van der Waals surface area contributed by atoms with E-state index in [-0.39, 0.29) is 31.5 Å². The summed E-state index contributed by atoms with van der Waals surface area (Å²) in [6.07, 6.45) is 76.1. The average Bonchev–Trinajstić information content (AvgIpc) is 3.41. The molecule has 0 aromatic carbocycles. The Balaban J connectivity index is 5.11. The molecule has 0 rings (SSSR count). The number of nitrogens with zero attached hydrogens (tertiary/aromatic N) is 1. The summed E-state index contributed by atoms with van der Waals surface area (Å²) in [6.45, 7) is 6.99. The summed E-state index contributed by atoms with van der Waals surface area (Å²) in [5.41, 5.74) is 0. The highest BCUT2D eigenvalue weighted by Gasteiger charge is 2.30. The summed E-state index contributed by atoms with van der Waals surface area (Å²) >= 11 is 0. The molecule has 2 N–H and O–H groups in total. The standard InChI is InChI=1S/C69H127N2O7P/c1-7-10-13-16-19-22-25-27-29-31-32-33-34-35-36-37-38-40-41-43-46-49-52-55-58-61-68(72)70-66(65-77-79(74,75)76-64-63-71(4,5)6)67(60-57-54-51-48-45-24-21-18-15-12-9-3)78-69(73)62-59-56-53-50-47-44-42-39-30-28-26-23-20-17-14-11-8-2/h19,22,27-30,32-33,35-36,57,60,66-67H,7-18,20-21,23-26,31,34,37-56,58-59,61-65H2,1-6H3,(H-,70,72,74,75)/p+1/b22-19-,29-27-,30-28+,33-32-,36-35-,60-57-. The van der Waals surface area contributed by atoms with E-state index in [4.69, 9.17) is 13.8 Å². The van der Waals surface area contributed by atoms with Crippen LogP contribution in [-0.2, 0) is 27.9 Å². The molecule has 0 aromatic heterocycles. The second-order valence-corrected chi connectivity index (χ2v) is 25.1. The first-order chi connectivity index (χ1) is 38.4. The van der Waals surface area contributed by atoms with Gasteiger partial charge in [0.05, 0.1) is 33.8 Å². The van der Waals surface area contributed by atoms with E-state index >= 15 is 0 Å². The maximum absolute atomic E-state index is 13.6. The molecular weight excluding hydrogens is 1000 g/mol. The van der Waals surface area contributed by atoms with Gasteiger partial charge in [-0.2, -0.15) is 0 Å².